The van der Waals surface area contributed by atoms with Crippen molar-refractivity contribution in [1.82, 2.24) is 14.8 Å². The zero-order chi connectivity index (χ0) is 18.1. The summed E-state index contributed by atoms with van der Waals surface area (Å²) in [6.07, 6.45) is -3.98. The Morgan fingerprint density at radius 2 is 1.92 bits per heavy atom. The molecule has 0 bridgehead atoms. The first-order chi connectivity index (χ1) is 11.0. The molecule has 0 aromatic carbocycles. The zero-order valence-electron chi connectivity index (χ0n) is 13.1. The fraction of sp³-hybridized carbons (Fsp3) is 0.429. The van der Waals surface area contributed by atoms with Crippen LogP contribution in [0.25, 0.3) is 0 Å². The first-order valence-electron chi connectivity index (χ1n) is 6.88. The molecule has 0 saturated carbocycles. The minimum absolute atomic E-state index is 0.227. The van der Waals surface area contributed by atoms with Gasteiger partial charge >= 0.3 is 6.18 Å². The van der Waals surface area contributed by atoms with Gasteiger partial charge in [0.25, 0.3) is 5.56 Å². The fourth-order valence-corrected chi connectivity index (χ4v) is 2.53. The average Bonchev–Trinajstić information content (AvgIpc) is 2.88. The largest absolute Gasteiger partial charge is 0.417 e. The number of amides is 1. The third kappa shape index (κ3) is 4.40. The number of halogens is 3. The smallest absolute Gasteiger partial charge is 0.305 e. The van der Waals surface area contributed by atoms with Gasteiger partial charge in [-0.1, -0.05) is 32.1 Å². The first-order valence-corrected chi connectivity index (χ1v) is 7.70. The van der Waals surface area contributed by atoms with E-state index in [0.717, 1.165) is 6.07 Å². The van der Waals surface area contributed by atoms with Gasteiger partial charge in [-0.05, 0) is 6.07 Å². The molecule has 0 aliphatic heterocycles. The van der Waals surface area contributed by atoms with Crippen LogP contribution in [-0.2, 0) is 22.9 Å². The van der Waals surface area contributed by atoms with Crippen LogP contribution in [0.2, 0.25) is 0 Å². The zero-order valence-corrected chi connectivity index (χ0v) is 14.0. The number of rotatable bonds is 3. The predicted molar refractivity (Wildman–Crippen MR) is 82.9 cm³/mol. The van der Waals surface area contributed by atoms with Gasteiger partial charge in [0.1, 0.15) is 11.6 Å². The van der Waals surface area contributed by atoms with Gasteiger partial charge in [-0.3, -0.25) is 14.9 Å². The molecule has 2 rings (SSSR count). The second-order valence-electron chi connectivity index (χ2n) is 6.09. The standard InChI is InChI=1S/C14H15F3N4O2S/c1-13(2,3)11-19-20-12(24-11)18-9(22)7-21-6-8(14(15,16)17)4-5-10(21)23/h4-6H,7H2,1-3H3,(H,18,20,22). The lowest BCUT2D eigenvalue weighted by Gasteiger charge is -2.12. The van der Waals surface area contributed by atoms with Gasteiger partial charge in [0.05, 0.1) is 5.56 Å². The number of nitrogens with one attached hydrogen (secondary N) is 1. The predicted octanol–water partition coefficient (Wildman–Crippen LogP) is 2.65. The Kier molecular flexibility index (Phi) is 4.79. The summed E-state index contributed by atoms with van der Waals surface area (Å²) in [5, 5.41) is 11.1. The van der Waals surface area contributed by atoms with E-state index in [0.29, 0.717) is 21.8 Å². The molecule has 0 radical (unpaired) electrons. The van der Waals surface area contributed by atoms with Gasteiger partial charge in [-0.25, -0.2) is 0 Å². The maximum absolute atomic E-state index is 12.7. The SMILES string of the molecule is CC(C)(C)c1nnc(NC(=O)Cn2cc(C(F)(F)F)ccc2=O)s1. The molecule has 130 valence electrons. The Morgan fingerprint density at radius 1 is 1.25 bits per heavy atom. The molecule has 10 heteroatoms. The molecule has 2 aromatic heterocycles. The second kappa shape index (κ2) is 6.34. The van der Waals surface area contributed by atoms with E-state index in [9.17, 15) is 22.8 Å². The van der Waals surface area contributed by atoms with E-state index < -0.39 is 29.8 Å². The molecule has 0 aliphatic carbocycles. The number of pyridine rings is 1. The van der Waals surface area contributed by atoms with Gasteiger partial charge in [-0.2, -0.15) is 13.2 Å². The van der Waals surface area contributed by atoms with E-state index >= 15 is 0 Å². The van der Waals surface area contributed by atoms with E-state index in [1.165, 1.54) is 11.3 Å². The summed E-state index contributed by atoms with van der Waals surface area (Å²) in [5.41, 5.74) is -1.94. The maximum atomic E-state index is 12.7. The lowest BCUT2D eigenvalue weighted by Crippen LogP contribution is -2.28. The van der Waals surface area contributed by atoms with E-state index in [1.54, 1.807) is 0 Å². The minimum atomic E-state index is -4.59. The van der Waals surface area contributed by atoms with Crippen LogP contribution >= 0.6 is 11.3 Å². The van der Waals surface area contributed by atoms with Crippen molar-refractivity contribution >= 4 is 22.4 Å². The molecule has 0 spiro atoms. The van der Waals surface area contributed by atoms with Gasteiger partial charge in [0.15, 0.2) is 0 Å². The topological polar surface area (TPSA) is 76.9 Å². The summed E-state index contributed by atoms with van der Waals surface area (Å²) >= 11 is 1.17. The number of aromatic nitrogens is 3. The van der Waals surface area contributed by atoms with Crippen molar-refractivity contribution in [2.75, 3.05) is 5.32 Å². The number of anilines is 1. The monoisotopic (exact) mass is 360 g/mol. The van der Waals surface area contributed by atoms with Gasteiger partial charge < -0.3 is 4.57 Å². The van der Waals surface area contributed by atoms with Crippen molar-refractivity contribution in [3.63, 3.8) is 0 Å². The molecule has 0 fully saturated rings. The first kappa shape index (κ1) is 18.1. The van der Waals surface area contributed by atoms with Crippen LogP contribution in [0, 0.1) is 0 Å². The van der Waals surface area contributed by atoms with E-state index in [4.69, 9.17) is 0 Å². The molecule has 24 heavy (non-hydrogen) atoms. The number of carbonyl (C=O) groups is 1. The molecule has 0 unspecified atom stereocenters. The lowest BCUT2D eigenvalue weighted by molar-refractivity contribution is -0.138. The minimum Gasteiger partial charge on any atom is -0.305 e. The summed E-state index contributed by atoms with van der Waals surface area (Å²) in [6.45, 7) is 5.25. The summed E-state index contributed by atoms with van der Waals surface area (Å²) in [6, 6.07) is 1.45. The molecule has 1 N–H and O–H groups in total. The van der Waals surface area contributed by atoms with Crippen LogP contribution in [0.3, 0.4) is 0 Å². The number of alkyl halides is 3. The lowest BCUT2D eigenvalue weighted by atomic mass is 9.98. The molecule has 0 saturated heterocycles. The van der Waals surface area contributed by atoms with Crippen LogP contribution in [0.1, 0.15) is 31.3 Å². The van der Waals surface area contributed by atoms with Crippen LogP contribution in [0.5, 0.6) is 0 Å². The third-order valence-corrected chi connectivity index (χ3v) is 4.20. The Balaban J connectivity index is 2.13. The molecule has 1 amide bonds. The highest BCUT2D eigenvalue weighted by Crippen LogP contribution is 2.28. The van der Waals surface area contributed by atoms with Crippen molar-refractivity contribution in [3.8, 4) is 0 Å². The Morgan fingerprint density at radius 3 is 2.46 bits per heavy atom. The van der Waals surface area contributed by atoms with E-state index in [1.807, 2.05) is 20.8 Å². The quantitative estimate of drug-likeness (QED) is 0.913. The molecular formula is C14H15F3N4O2S. The Hall–Kier alpha value is -2.23. The molecule has 0 atom stereocenters. The van der Waals surface area contributed by atoms with Crippen LogP contribution < -0.4 is 10.9 Å². The second-order valence-corrected chi connectivity index (χ2v) is 7.07. The van der Waals surface area contributed by atoms with E-state index in [2.05, 4.69) is 15.5 Å². The fourth-order valence-electron chi connectivity index (χ4n) is 1.71. The molecule has 0 aliphatic rings. The molecule has 2 aromatic rings. The highest BCUT2D eigenvalue weighted by Gasteiger charge is 2.31. The third-order valence-electron chi connectivity index (χ3n) is 2.94. The summed E-state index contributed by atoms with van der Waals surface area (Å²) in [7, 11) is 0. The van der Waals surface area contributed by atoms with Crippen molar-refractivity contribution in [2.24, 2.45) is 0 Å². The van der Waals surface area contributed by atoms with E-state index in [-0.39, 0.29) is 10.5 Å². The number of hydrogen-bond acceptors (Lipinski definition) is 5. The number of nitrogens with zero attached hydrogens (tertiary/aromatic N) is 3. The van der Waals surface area contributed by atoms with Gasteiger partial charge in [0.2, 0.25) is 11.0 Å². The highest BCUT2D eigenvalue weighted by molar-refractivity contribution is 7.15. The normalized spacial score (nSPS) is 12.2. The Labute approximate surface area is 139 Å². The molecular weight excluding hydrogens is 345 g/mol. The summed E-state index contributed by atoms with van der Waals surface area (Å²) in [5.74, 6) is -0.659. The average molecular weight is 360 g/mol. The maximum Gasteiger partial charge on any atom is 0.417 e. The van der Waals surface area contributed by atoms with Crippen LogP contribution in [-0.4, -0.2) is 20.7 Å². The van der Waals surface area contributed by atoms with Crippen molar-refractivity contribution < 1.29 is 18.0 Å². The highest BCUT2D eigenvalue weighted by atomic mass is 32.1. The molecule has 6 nitrogen and oxygen atoms in total. The van der Waals surface area contributed by atoms with Crippen molar-refractivity contribution in [2.45, 2.75) is 38.9 Å². The summed E-state index contributed by atoms with van der Waals surface area (Å²) < 4.78 is 38.7. The van der Waals surface area contributed by atoms with Crippen molar-refractivity contribution in [1.29, 1.82) is 0 Å². The Bertz CT molecular complexity index is 805. The number of carbonyl (C=O) groups excluding carboxylic acids is 1. The van der Waals surface area contributed by atoms with Gasteiger partial charge in [0, 0.05) is 17.7 Å². The van der Waals surface area contributed by atoms with Crippen molar-refractivity contribution in [3.05, 3.63) is 39.3 Å². The van der Waals surface area contributed by atoms with Gasteiger partial charge in [-0.15, -0.1) is 10.2 Å². The molecule has 2 heterocycles. The number of hydrogen-bond donors (Lipinski definition) is 1. The van der Waals surface area contributed by atoms with Crippen LogP contribution in [0.15, 0.2) is 23.1 Å². The van der Waals surface area contributed by atoms with Crippen LogP contribution in [0.4, 0.5) is 18.3 Å². The summed E-state index contributed by atoms with van der Waals surface area (Å²) in [4.78, 5) is 23.6.